The predicted octanol–water partition coefficient (Wildman–Crippen LogP) is 2.89. The van der Waals surface area contributed by atoms with E-state index in [0.717, 1.165) is 12.0 Å². The van der Waals surface area contributed by atoms with Gasteiger partial charge in [0.15, 0.2) is 0 Å². The zero-order chi connectivity index (χ0) is 10.7. The van der Waals surface area contributed by atoms with Crippen LogP contribution in [-0.4, -0.2) is 4.98 Å². The van der Waals surface area contributed by atoms with Gasteiger partial charge in [-0.2, -0.15) is 0 Å². The van der Waals surface area contributed by atoms with Gasteiger partial charge in [-0.1, -0.05) is 31.2 Å². The van der Waals surface area contributed by atoms with Crippen molar-refractivity contribution in [3.05, 3.63) is 48.2 Å². The lowest BCUT2D eigenvalue weighted by atomic mass is 10.0. The van der Waals surface area contributed by atoms with Crippen molar-refractivity contribution in [2.75, 3.05) is 5.73 Å². The molecule has 1 aromatic carbocycles. The Morgan fingerprint density at radius 3 is 2.67 bits per heavy atom. The number of nitrogens with two attached hydrogens (primary N) is 1. The van der Waals surface area contributed by atoms with Crippen LogP contribution in [-0.2, 0) is 6.42 Å². The van der Waals surface area contributed by atoms with E-state index in [9.17, 15) is 0 Å². The molecule has 0 fully saturated rings. The van der Waals surface area contributed by atoms with Gasteiger partial charge >= 0.3 is 0 Å². The van der Waals surface area contributed by atoms with Crippen LogP contribution in [0, 0.1) is 0 Å². The molecule has 0 radical (unpaired) electrons. The largest absolute Gasteiger partial charge is 0.384 e. The Morgan fingerprint density at radius 1 is 1.13 bits per heavy atom. The summed E-state index contributed by atoms with van der Waals surface area (Å²) in [6.45, 7) is 2.15. The first-order chi connectivity index (χ1) is 7.29. The lowest BCUT2D eigenvalue weighted by molar-refractivity contribution is 1.14. The maximum Gasteiger partial charge on any atom is 0.123 e. The zero-order valence-electron chi connectivity index (χ0n) is 8.77. The third-order valence-corrected chi connectivity index (χ3v) is 2.45. The third kappa shape index (κ3) is 2.15. The second-order valence-electron chi connectivity index (χ2n) is 3.52. The minimum atomic E-state index is 0.564. The van der Waals surface area contributed by atoms with Gasteiger partial charge in [-0.25, -0.2) is 4.98 Å². The van der Waals surface area contributed by atoms with Gasteiger partial charge in [0.2, 0.25) is 0 Å². The van der Waals surface area contributed by atoms with Gasteiger partial charge in [0.25, 0.3) is 0 Å². The molecule has 1 heterocycles. The van der Waals surface area contributed by atoms with Crippen LogP contribution in [0.5, 0.6) is 0 Å². The monoisotopic (exact) mass is 198 g/mol. The van der Waals surface area contributed by atoms with E-state index in [1.54, 1.807) is 6.20 Å². The van der Waals surface area contributed by atoms with E-state index in [1.807, 2.05) is 12.1 Å². The fourth-order valence-corrected chi connectivity index (χ4v) is 1.60. The molecule has 2 rings (SSSR count). The molecule has 1 aromatic heterocycles. The van der Waals surface area contributed by atoms with Gasteiger partial charge in [0, 0.05) is 6.20 Å². The highest BCUT2D eigenvalue weighted by Gasteiger charge is 1.99. The van der Waals surface area contributed by atoms with Crippen molar-refractivity contribution in [1.82, 2.24) is 4.98 Å². The highest BCUT2D eigenvalue weighted by molar-refractivity contribution is 5.66. The normalized spacial score (nSPS) is 10.2. The first kappa shape index (κ1) is 9.71. The van der Waals surface area contributed by atoms with E-state index in [1.165, 1.54) is 11.1 Å². The number of benzene rings is 1. The number of nitrogens with zero attached hydrogens (tertiary/aromatic N) is 1. The Balaban J connectivity index is 2.44. The van der Waals surface area contributed by atoms with E-state index in [4.69, 9.17) is 5.73 Å². The van der Waals surface area contributed by atoms with E-state index in [-0.39, 0.29) is 0 Å². The third-order valence-electron chi connectivity index (χ3n) is 2.45. The summed E-state index contributed by atoms with van der Waals surface area (Å²) in [5.41, 5.74) is 9.31. The Kier molecular flexibility index (Phi) is 2.68. The number of aromatic nitrogens is 1. The van der Waals surface area contributed by atoms with Crippen LogP contribution in [0.15, 0.2) is 42.6 Å². The highest BCUT2D eigenvalue weighted by Crippen LogP contribution is 2.21. The van der Waals surface area contributed by atoms with Crippen molar-refractivity contribution in [2.45, 2.75) is 13.3 Å². The molecule has 2 heteroatoms. The van der Waals surface area contributed by atoms with Crippen molar-refractivity contribution in [3.63, 3.8) is 0 Å². The van der Waals surface area contributed by atoms with Crippen LogP contribution in [0.3, 0.4) is 0 Å². The molecule has 0 amide bonds. The number of anilines is 1. The van der Waals surface area contributed by atoms with Crippen LogP contribution < -0.4 is 5.73 Å². The lowest BCUT2D eigenvalue weighted by Crippen LogP contribution is -1.89. The Bertz CT molecular complexity index is 464. The fourth-order valence-electron chi connectivity index (χ4n) is 1.60. The van der Waals surface area contributed by atoms with Gasteiger partial charge in [-0.15, -0.1) is 0 Å². The molecular weight excluding hydrogens is 184 g/mol. The van der Waals surface area contributed by atoms with E-state index < -0.39 is 0 Å². The molecule has 2 aromatic rings. The van der Waals surface area contributed by atoms with Crippen LogP contribution in [0.4, 0.5) is 5.82 Å². The Morgan fingerprint density at radius 2 is 1.93 bits per heavy atom. The van der Waals surface area contributed by atoms with Crippen LogP contribution >= 0.6 is 0 Å². The molecule has 0 saturated carbocycles. The van der Waals surface area contributed by atoms with Crippen molar-refractivity contribution >= 4 is 5.82 Å². The Labute approximate surface area is 89.8 Å². The SMILES string of the molecule is CCc1cccc(-c2ccnc(N)c2)c1. The van der Waals surface area contributed by atoms with E-state index in [0.29, 0.717) is 5.82 Å². The molecular formula is C13H14N2. The molecule has 0 unspecified atom stereocenters. The second-order valence-corrected chi connectivity index (χ2v) is 3.52. The minimum Gasteiger partial charge on any atom is -0.384 e. The number of aryl methyl sites for hydroxylation is 1. The Hall–Kier alpha value is -1.83. The molecule has 0 aliphatic heterocycles. The van der Waals surface area contributed by atoms with Gasteiger partial charge in [0.05, 0.1) is 0 Å². The molecule has 2 N–H and O–H groups in total. The molecule has 76 valence electrons. The standard InChI is InChI=1S/C13H14N2/c1-2-10-4-3-5-11(8-10)12-6-7-15-13(14)9-12/h3-9H,2H2,1H3,(H2,14,15). The highest BCUT2D eigenvalue weighted by atomic mass is 14.8. The quantitative estimate of drug-likeness (QED) is 0.805. The van der Waals surface area contributed by atoms with Crippen LogP contribution in [0.25, 0.3) is 11.1 Å². The average molecular weight is 198 g/mol. The fraction of sp³-hybridized carbons (Fsp3) is 0.154. The number of hydrogen-bond acceptors (Lipinski definition) is 2. The topological polar surface area (TPSA) is 38.9 Å². The summed E-state index contributed by atoms with van der Waals surface area (Å²) >= 11 is 0. The maximum absolute atomic E-state index is 5.66. The van der Waals surface area contributed by atoms with Gasteiger partial charge in [0.1, 0.15) is 5.82 Å². The zero-order valence-corrected chi connectivity index (χ0v) is 8.77. The summed E-state index contributed by atoms with van der Waals surface area (Å²) in [4.78, 5) is 3.99. The molecule has 2 nitrogen and oxygen atoms in total. The first-order valence-electron chi connectivity index (χ1n) is 5.10. The average Bonchev–Trinajstić information content (AvgIpc) is 2.29. The van der Waals surface area contributed by atoms with Crippen LogP contribution in [0.2, 0.25) is 0 Å². The molecule has 0 aliphatic rings. The summed E-state index contributed by atoms with van der Waals surface area (Å²) in [7, 11) is 0. The summed E-state index contributed by atoms with van der Waals surface area (Å²) < 4.78 is 0. The van der Waals surface area contributed by atoms with Crippen molar-refractivity contribution in [3.8, 4) is 11.1 Å². The summed E-state index contributed by atoms with van der Waals surface area (Å²) in [6.07, 6.45) is 2.79. The van der Waals surface area contributed by atoms with Gasteiger partial charge in [-0.05, 0) is 35.2 Å². The van der Waals surface area contributed by atoms with Crippen molar-refractivity contribution < 1.29 is 0 Å². The summed E-state index contributed by atoms with van der Waals surface area (Å²) in [6, 6.07) is 12.4. The first-order valence-corrected chi connectivity index (χ1v) is 5.10. The lowest BCUT2D eigenvalue weighted by Gasteiger charge is -2.04. The molecule has 0 bridgehead atoms. The van der Waals surface area contributed by atoms with Crippen molar-refractivity contribution in [1.29, 1.82) is 0 Å². The second kappa shape index (κ2) is 4.13. The molecule has 0 atom stereocenters. The number of nitrogen functional groups attached to an aromatic ring is 1. The number of pyridine rings is 1. The van der Waals surface area contributed by atoms with Gasteiger partial charge in [-0.3, -0.25) is 0 Å². The molecule has 0 aliphatic carbocycles. The number of rotatable bonds is 2. The number of hydrogen-bond donors (Lipinski definition) is 1. The smallest absolute Gasteiger partial charge is 0.123 e. The van der Waals surface area contributed by atoms with Crippen LogP contribution in [0.1, 0.15) is 12.5 Å². The molecule has 0 saturated heterocycles. The van der Waals surface area contributed by atoms with Gasteiger partial charge < -0.3 is 5.73 Å². The maximum atomic E-state index is 5.66. The van der Waals surface area contributed by atoms with E-state index >= 15 is 0 Å². The minimum absolute atomic E-state index is 0.564. The summed E-state index contributed by atoms with van der Waals surface area (Å²) in [5, 5.41) is 0. The summed E-state index contributed by atoms with van der Waals surface area (Å²) in [5.74, 6) is 0.564. The molecule has 15 heavy (non-hydrogen) atoms. The van der Waals surface area contributed by atoms with Crippen molar-refractivity contribution in [2.24, 2.45) is 0 Å². The van der Waals surface area contributed by atoms with E-state index in [2.05, 4.69) is 36.2 Å². The molecule has 0 spiro atoms. The predicted molar refractivity (Wildman–Crippen MR) is 63.5 cm³/mol.